The number of para-hydroxylation sites is 1. The molecule has 0 saturated carbocycles. The van der Waals surface area contributed by atoms with Crippen molar-refractivity contribution in [1.82, 2.24) is 25.1 Å². The van der Waals surface area contributed by atoms with Crippen molar-refractivity contribution in [2.45, 2.75) is 26.4 Å². The molecule has 7 heteroatoms. The van der Waals surface area contributed by atoms with Crippen LogP contribution in [0.5, 0.6) is 5.75 Å². The molecule has 0 fully saturated rings. The fraction of sp³-hybridized carbons (Fsp3) is 0.200. The number of carbonyl (C=O) groups is 1. The van der Waals surface area contributed by atoms with Gasteiger partial charge in [-0.25, -0.2) is 9.67 Å². The fourth-order valence-electron chi connectivity index (χ4n) is 3.97. The lowest BCUT2D eigenvalue weighted by atomic mass is 10.0. The van der Waals surface area contributed by atoms with Gasteiger partial charge in [-0.2, -0.15) is 5.10 Å². The molecule has 3 heterocycles. The van der Waals surface area contributed by atoms with Crippen LogP contribution in [0, 0.1) is 13.8 Å². The number of nitrogens with one attached hydrogen (secondary N) is 1. The van der Waals surface area contributed by atoms with Gasteiger partial charge in [0.05, 0.1) is 34.9 Å². The third-order valence-electron chi connectivity index (χ3n) is 5.54. The number of ether oxygens (including phenoxy) is 1. The fourth-order valence-corrected chi connectivity index (χ4v) is 3.97. The highest BCUT2D eigenvalue weighted by Gasteiger charge is 2.25. The van der Waals surface area contributed by atoms with Crippen molar-refractivity contribution in [2.24, 2.45) is 0 Å². The Morgan fingerprint density at radius 1 is 1.19 bits per heavy atom. The Bertz CT molecular complexity index is 1280. The van der Waals surface area contributed by atoms with Gasteiger partial charge in [0.25, 0.3) is 5.91 Å². The molecule has 0 saturated heterocycles. The van der Waals surface area contributed by atoms with E-state index in [9.17, 15) is 4.79 Å². The van der Waals surface area contributed by atoms with Gasteiger partial charge in [0.2, 0.25) is 0 Å². The van der Waals surface area contributed by atoms with Crippen molar-refractivity contribution < 1.29 is 9.53 Å². The lowest BCUT2D eigenvalue weighted by Crippen LogP contribution is -2.34. The van der Waals surface area contributed by atoms with Crippen LogP contribution in [0.2, 0.25) is 0 Å². The number of rotatable bonds is 5. The molecule has 1 atom stereocenters. The van der Waals surface area contributed by atoms with Crippen molar-refractivity contribution in [2.75, 3.05) is 6.54 Å². The van der Waals surface area contributed by atoms with Crippen molar-refractivity contribution in [3.05, 3.63) is 89.6 Å². The van der Waals surface area contributed by atoms with Gasteiger partial charge in [0, 0.05) is 30.6 Å². The molecule has 0 aliphatic carbocycles. The van der Waals surface area contributed by atoms with Crippen LogP contribution in [0.3, 0.4) is 0 Å². The number of hydrogen-bond donors (Lipinski definition) is 1. The largest absolute Gasteiger partial charge is 0.488 e. The van der Waals surface area contributed by atoms with E-state index in [0.717, 1.165) is 46.1 Å². The average Bonchev–Trinajstić information content (AvgIpc) is 3.48. The molecule has 0 bridgehead atoms. The van der Waals surface area contributed by atoms with Gasteiger partial charge >= 0.3 is 0 Å². The Labute approximate surface area is 186 Å². The quantitative estimate of drug-likeness (QED) is 0.528. The van der Waals surface area contributed by atoms with Gasteiger partial charge in [-0.15, -0.1) is 0 Å². The third-order valence-corrected chi connectivity index (χ3v) is 5.54. The summed E-state index contributed by atoms with van der Waals surface area (Å²) >= 11 is 0. The Hall–Kier alpha value is -4.00. The van der Waals surface area contributed by atoms with Crippen molar-refractivity contribution in [1.29, 1.82) is 0 Å². The minimum atomic E-state index is -0.151. The molecule has 1 aliphatic rings. The standard InChI is InChI=1S/C25H23N5O2/c1-16-14-26-17(2)24(29-16)18-8-9-23-19(12-18)13-20(32-23)15-27-25(31)21-6-3-4-7-22(21)30-11-5-10-28-30/h3-12,14,20H,13,15H2,1-2H3,(H,27,31)/t20-/m1/s1. The van der Waals surface area contributed by atoms with Gasteiger partial charge in [-0.3, -0.25) is 9.78 Å². The molecule has 1 N–H and O–H groups in total. The van der Waals surface area contributed by atoms with Gasteiger partial charge in [0.15, 0.2) is 0 Å². The van der Waals surface area contributed by atoms with Crippen molar-refractivity contribution in [3.8, 4) is 22.7 Å². The minimum Gasteiger partial charge on any atom is -0.488 e. The van der Waals surface area contributed by atoms with Crippen LogP contribution in [0.1, 0.15) is 27.3 Å². The number of aryl methyl sites for hydroxylation is 2. The zero-order chi connectivity index (χ0) is 22.1. The summed E-state index contributed by atoms with van der Waals surface area (Å²) in [7, 11) is 0. The molecule has 1 amide bonds. The lowest BCUT2D eigenvalue weighted by Gasteiger charge is -2.14. The van der Waals surface area contributed by atoms with E-state index in [1.165, 1.54) is 0 Å². The van der Waals surface area contributed by atoms with Crippen LogP contribution in [0.15, 0.2) is 67.1 Å². The Balaban J connectivity index is 1.28. The first-order valence-electron chi connectivity index (χ1n) is 10.6. The molecule has 0 spiro atoms. The van der Waals surface area contributed by atoms with Gasteiger partial charge in [0.1, 0.15) is 11.9 Å². The van der Waals surface area contributed by atoms with Gasteiger partial charge < -0.3 is 10.1 Å². The second-order valence-corrected chi connectivity index (χ2v) is 7.89. The molecule has 160 valence electrons. The van der Waals surface area contributed by atoms with Crippen LogP contribution >= 0.6 is 0 Å². The molecule has 2 aromatic carbocycles. The van der Waals surface area contributed by atoms with E-state index in [2.05, 4.69) is 26.4 Å². The average molecular weight is 425 g/mol. The first-order chi connectivity index (χ1) is 15.6. The number of hydrogen-bond acceptors (Lipinski definition) is 5. The number of amides is 1. The highest BCUT2D eigenvalue weighted by atomic mass is 16.5. The van der Waals surface area contributed by atoms with Crippen molar-refractivity contribution in [3.63, 3.8) is 0 Å². The molecule has 4 aromatic rings. The molecule has 32 heavy (non-hydrogen) atoms. The maximum absolute atomic E-state index is 12.9. The summed E-state index contributed by atoms with van der Waals surface area (Å²) in [5, 5.41) is 7.25. The second kappa shape index (κ2) is 8.26. The highest BCUT2D eigenvalue weighted by Crippen LogP contribution is 2.33. The van der Waals surface area contributed by atoms with Crippen molar-refractivity contribution >= 4 is 5.91 Å². The van der Waals surface area contributed by atoms with Crippen LogP contribution in [0.4, 0.5) is 0 Å². The zero-order valence-corrected chi connectivity index (χ0v) is 17.9. The van der Waals surface area contributed by atoms with E-state index in [1.54, 1.807) is 23.1 Å². The normalized spacial score (nSPS) is 14.6. The lowest BCUT2D eigenvalue weighted by molar-refractivity contribution is 0.0933. The van der Waals surface area contributed by atoms with Crippen LogP contribution < -0.4 is 10.1 Å². The molecular formula is C25H23N5O2. The molecule has 0 radical (unpaired) electrons. The molecule has 1 aliphatic heterocycles. The Kier molecular flexibility index (Phi) is 5.15. The first kappa shape index (κ1) is 19.9. The number of benzene rings is 2. The molecule has 7 nitrogen and oxygen atoms in total. The smallest absolute Gasteiger partial charge is 0.253 e. The van der Waals surface area contributed by atoms with Gasteiger partial charge in [-0.1, -0.05) is 12.1 Å². The molecule has 2 aromatic heterocycles. The third kappa shape index (κ3) is 3.85. The predicted octanol–water partition coefficient (Wildman–Crippen LogP) is 3.68. The highest BCUT2D eigenvalue weighted by molar-refractivity contribution is 5.97. The topological polar surface area (TPSA) is 81.9 Å². The summed E-state index contributed by atoms with van der Waals surface area (Å²) in [6, 6.07) is 15.3. The SMILES string of the molecule is Cc1cnc(C)c(-c2ccc3c(c2)C[C@H](CNC(=O)c2ccccc2-n2cccn2)O3)n1. The first-order valence-corrected chi connectivity index (χ1v) is 10.6. The van der Waals surface area contributed by atoms with Crippen LogP contribution in [-0.4, -0.2) is 38.3 Å². The maximum atomic E-state index is 12.9. The predicted molar refractivity (Wildman–Crippen MR) is 121 cm³/mol. The maximum Gasteiger partial charge on any atom is 0.253 e. The van der Waals surface area contributed by atoms with E-state index in [4.69, 9.17) is 4.74 Å². The molecular weight excluding hydrogens is 402 g/mol. The van der Waals surface area contributed by atoms with Crippen LogP contribution in [-0.2, 0) is 6.42 Å². The Morgan fingerprint density at radius 2 is 2.06 bits per heavy atom. The molecule has 5 rings (SSSR count). The van der Waals surface area contributed by atoms with E-state index >= 15 is 0 Å². The summed E-state index contributed by atoms with van der Waals surface area (Å²) in [4.78, 5) is 21.9. The summed E-state index contributed by atoms with van der Waals surface area (Å²) in [5.74, 6) is 0.699. The Morgan fingerprint density at radius 3 is 2.91 bits per heavy atom. The summed E-state index contributed by atoms with van der Waals surface area (Å²) in [5.41, 5.74) is 6.12. The zero-order valence-electron chi connectivity index (χ0n) is 17.9. The second-order valence-electron chi connectivity index (χ2n) is 7.89. The van der Waals surface area contributed by atoms with Crippen LogP contribution in [0.25, 0.3) is 16.9 Å². The number of aromatic nitrogens is 4. The van der Waals surface area contributed by atoms with E-state index in [-0.39, 0.29) is 12.0 Å². The van der Waals surface area contributed by atoms with Gasteiger partial charge in [-0.05, 0) is 55.8 Å². The number of nitrogens with zero attached hydrogens (tertiary/aromatic N) is 4. The monoisotopic (exact) mass is 425 g/mol. The van der Waals surface area contributed by atoms with E-state index in [0.29, 0.717) is 12.1 Å². The summed E-state index contributed by atoms with van der Waals surface area (Å²) in [6.07, 6.45) is 5.89. The number of carbonyl (C=O) groups excluding carboxylic acids is 1. The number of fused-ring (bicyclic) bond motifs is 1. The summed E-state index contributed by atoms with van der Waals surface area (Å²) < 4.78 is 7.76. The minimum absolute atomic E-state index is 0.120. The summed E-state index contributed by atoms with van der Waals surface area (Å²) in [6.45, 7) is 4.32. The molecule has 0 unspecified atom stereocenters. The van der Waals surface area contributed by atoms with E-state index < -0.39 is 0 Å². The van der Waals surface area contributed by atoms with E-state index in [1.807, 2.05) is 56.4 Å².